The predicted molar refractivity (Wildman–Crippen MR) is 427 cm³/mol. The summed E-state index contributed by atoms with van der Waals surface area (Å²) in [6, 6.07) is 0. The van der Waals surface area contributed by atoms with Gasteiger partial charge in [0.05, 0.1) is 26.4 Å². The Kier molecular flexibility index (Phi) is 73.3. The Bertz CT molecular complexity index is 2440. The minimum absolute atomic E-state index is 0.0369. The molecule has 19 heteroatoms. The van der Waals surface area contributed by atoms with Gasteiger partial charge in [0, 0.05) is 25.7 Å². The third-order valence-electron chi connectivity index (χ3n) is 17.0. The molecule has 0 radical (unpaired) electrons. The molecule has 0 bridgehead atoms. The SMILES string of the molecule is CC/C=C\C/C=C\C/C=C\C/C=C\C/C=C\C/C=C\CCC(=O)OCC(COP(=O)(O)OCC(O)COP(=O)(O)OCC(COC(=O)CCCCCCCC/C=C\C/C=C\C/C=C\C/C=C\CC)OC(=O)CCCCCCCCCCCCCCC)OC(=O)CCCCCCCCCCCCCCC. The molecule has 0 rings (SSSR count). The van der Waals surface area contributed by atoms with Gasteiger partial charge >= 0.3 is 39.5 Å². The van der Waals surface area contributed by atoms with Gasteiger partial charge in [-0.15, -0.1) is 0 Å². The number of phosphoric ester groups is 2. The first-order valence-corrected chi connectivity index (χ1v) is 43.8. The Morgan fingerprint density at radius 2 is 0.519 bits per heavy atom. The third-order valence-corrected chi connectivity index (χ3v) is 18.9. The van der Waals surface area contributed by atoms with Crippen LogP contribution in [0.3, 0.4) is 0 Å². The summed E-state index contributed by atoms with van der Waals surface area (Å²) in [6.45, 7) is 4.59. The predicted octanol–water partition coefficient (Wildman–Crippen LogP) is 23.9. The standard InChI is InChI=1S/C85H146O17P2/c1-5-9-13-17-21-25-29-33-35-37-39-41-43-47-49-53-57-61-65-69-82(87)95-75-80(101-84(89)71-67-63-59-55-51-45-31-27-23-19-15-11-7-3)77-99-103(91,92)97-73-79(86)74-98-104(93,94)100-78-81(102-85(90)72-68-64-60-56-52-46-32-28-24-20-16-12-8-4)76-96-83(88)70-66-62-58-54-50-48-44-42-40-38-36-34-30-26-22-18-14-10-6-2/h9-10,13-14,21-22,25-26,33-36,39-42,47,49,57,61,79-81,86H,5-8,11-12,15-20,23-24,27-32,37-38,43-46,48,50-56,58-60,62-78H2,1-4H3,(H,91,92)(H,93,94)/b13-9-,14-10-,25-21-,26-22-,35-33-,36-34-,41-39-,42-40-,49-47-,61-57-. The molecule has 0 aliphatic carbocycles. The molecule has 0 saturated heterocycles. The average Bonchev–Trinajstić information content (AvgIpc) is 0.913. The minimum atomic E-state index is -4.99. The lowest BCUT2D eigenvalue weighted by atomic mass is 10.0. The van der Waals surface area contributed by atoms with Crippen molar-refractivity contribution in [1.29, 1.82) is 0 Å². The first-order valence-electron chi connectivity index (χ1n) is 40.8. The summed E-state index contributed by atoms with van der Waals surface area (Å²) in [5, 5.41) is 10.6. The van der Waals surface area contributed by atoms with Crippen LogP contribution >= 0.6 is 15.6 Å². The van der Waals surface area contributed by atoms with Crippen molar-refractivity contribution in [3.8, 4) is 0 Å². The molecule has 0 aromatic rings. The molecule has 0 aliphatic heterocycles. The number of allylic oxidation sites excluding steroid dienone is 20. The van der Waals surface area contributed by atoms with Gasteiger partial charge < -0.3 is 33.8 Å². The van der Waals surface area contributed by atoms with Crippen molar-refractivity contribution in [2.45, 2.75) is 354 Å². The molecule has 0 aliphatic rings. The molecule has 0 fully saturated rings. The van der Waals surface area contributed by atoms with E-state index < -0.39 is 97.5 Å². The van der Waals surface area contributed by atoms with E-state index in [1.165, 1.54) is 103 Å². The number of carbonyl (C=O) groups excluding carboxylic acids is 4. The monoisotopic (exact) mass is 1500 g/mol. The van der Waals surface area contributed by atoms with Crippen molar-refractivity contribution in [2.24, 2.45) is 0 Å². The highest BCUT2D eigenvalue weighted by molar-refractivity contribution is 7.47. The topological polar surface area (TPSA) is 237 Å². The average molecular weight is 1500 g/mol. The second-order valence-corrected chi connectivity index (χ2v) is 29.9. The summed E-state index contributed by atoms with van der Waals surface area (Å²) in [5.41, 5.74) is 0. The summed E-state index contributed by atoms with van der Waals surface area (Å²) in [5.74, 6) is -2.27. The number of unbranched alkanes of at least 4 members (excludes halogenated alkanes) is 30. The molecule has 0 spiro atoms. The van der Waals surface area contributed by atoms with E-state index >= 15 is 0 Å². The number of aliphatic hydroxyl groups excluding tert-OH is 1. The molecule has 0 heterocycles. The fourth-order valence-electron chi connectivity index (χ4n) is 10.8. The maximum atomic E-state index is 13.1. The molecule has 17 nitrogen and oxygen atoms in total. The zero-order valence-corrected chi connectivity index (χ0v) is 67.2. The van der Waals surface area contributed by atoms with Gasteiger partial charge in [-0.3, -0.25) is 37.3 Å². The molecule has 0 saturated carbocycles. The number of aliphatic hydroxyl groups is 1. The summed E-state index contributed by atoms with van der Waals surface area (Å²) in [7, 11) is -9.98. The van der Waals surface area contributed by atoms with Crippen molar-refractivity contribution < 1.29 is 80.2 Å². The van der Waals surface area contributed by atoms with Crippen LogP contribution in [-0.4, -0.2) is 96.7 Å². The summed E-state index contributed by atoms with van der Waals surface area (Å²) < 4.78 is 68.6. The highest BCUT2D eigenvalue weighted by atomic mass is 31.2. The molecule has 5 atom stereocenters. The highest BCUT2D eigenvalue weighted by Crippen LogP contribution is 2.45. The van der Waals surface area contributed by atoms with Crippen LogP contribution in [0.2, 0.25) is 0 Å². The minimum Gasteiger partial charge on any atom is -0.462 e. The van der Waals surface area contributed by atoms with Crippen LogP contribution in [0.25, 0.3) is 0 Å². The Morgan fingerprint density at radius 1 is 0.279 bits per heavy atom. The lowest BCUT2D eigenvalue weighted by molar-refractivity contribution is -0.161. The lowest BCUT2D eigenvalue weighted by Gasteiger charge is -2.21. The van der Waals surface area contributed by atoms with Gasteiger partial charge in [-0.25, -0.2) is 9.13 Å². The van der Waals surface area contributed by atoms with Crippen LogP contribution in [0.5, 0.6) is 0 Å². The maximum absolute atomic E-state index is 13.1. The number of carbonyl (C=O) groups is 4. The summed E-state index contributed by atoms with van der Waals surface area (Å²) in [4.78, 5) is 73.0. The Hall–Kier alpha value is -4.54. The Morgan fingerprint density at radius 3 is 0.827 bits per heavy atom. The third kappa shape index (κ3) is 75.7. The smallest absolute Gasteiger partial charge is 0.462 e. The van der Waals surface area contributed by atoms with E-state index in [9.17, 15) is 43.2 Å². The van der Waals surface area contributed by atoms with Gasteiger partial charge in [0.1, 0.15) is 19.3 Å². The number of ether oxygens (including phenoxy) is 4. The lowest BCUT2D eigenvalue weighted by Crippen LogP contribution is -2.30. The van der Waals surface area contributed by atoms with E-state index in [0.29, 0.717) is 32.1 Å². The molecule has 104 heavy (non-hydrogen) atoms. The highest BCUT2D eigenvalue weighted by Gasteiger charge is 2.30. The van der Waals surface area contributed by atoms with Crippen molar-refractivity contribution in [1.82, 2.24) is 0 Å². The van der Waals surface area contributed by atoms with Crippen LogP contribution in [-0.2, 0) is 65.4 Å². The summed E-state index contributed by atoms with van der Waals surface area (Å²) in [6.07, 6.45) is 84.7. The Labute approximate surface area is 632 Å². The van der Waals surface area contributed by atoms with Crippen LogP contribution in [0, 0.1) is 0 Å². The van der Waals surface area contributed by atoms with Crippen molar-refractivity contribution in [3.05, 3.63) is 122 Å². The van der Waals surface area contributed by atoms with Crippen molar-refractivity contribution in [2.75, 3.05) is 39.6 Å². The first kappa shape index (κ1) is 99.5. The number of rotatable bonds is 76. The van der Waals surface area contributed by atoms with Gasteiger partial charge in [-0.1, -0.05) is 329 Å². The molecule has 3 N–H and O–H groups in total. The fraction of sp³-hybridized carbons (Fsp3) is 0.718. The second kappa shape index (κ2) is 76.6. The quantitative estimate of drug-likeness (QED) is 0.0169. The van der Waals surface area contributed by atoms with Gasteiger partial charge in [-0.05, 0) is 103 Å². The molecule has 598 valence electrons. The van der Waals surface area contributed by atoms with E-state index in [-0.39, 0.29) is 25.7 Å². The van der Waals surface area contributed by atoms with E-state index in [2.05, 4.69) is 131 Å². The van der Waals surface area contributed by atoms with Gasteiger partial charge in [-0.2, -0.15) is 0 Å². The van der Waals surface area contributed by atoms with Gasteiger partial charge in [0.25, 0.3) is 0 Å². The zero-order valence-electron chi connectivity index (χ0n) is 65.4. The molecular formula is C85H146O17P2. The summed E-state index contributed by atoms with van der Waals surface area (Å²) >= 11 is 0. The number of phosphoric acid groups is 2. The molecule has 0 amide bonds. The number of hydrogen-bond donors (Lipinski definition) is 3. The second-order valence-electron chi connectivity index (χ2n) is 27.0. The van der Waals surface area contributed by atoms with E-state index in [1.807, 2.05) is 18.2 Å². The normalized spacial score (nSPS) is 14.5. The Balaban J connectivity index is 5.38. The zero-order chi connectivity index (χ0) is 76.0. The maximum Gasteiger partial charge on any atom is 0.472 e. The largest absolute Gasteiger partial charge is 0.472 e. The van der Waals surface area contributed by atoms with Crippen LogP contribution in [0.4, 0.5) is 0 Å². The van der Waals surface area contributed by atoms with E-state index in [4.69, 9.17) is 37.0 Å². The fourth-order valence-corrected chi connectivity index (χ4v) is 12.4. The van der Waals surface area contributed by atoms with Gasteiger partial charge in [0.2, 0.25) is 0 Å². The number of hydrogen-bond acceptors (Lipinski definition) is 15. The van der Waals surface area contributed by atoms with Crippen molar-refractivity contribution >= 4 is 39.5 Å². The molecule has 0 aromatic heterocycles. The van der Waals surface area contributed by atoms with Crippen molar-refractivity contribution in [3.63, 3.8) is 0 Å². The van der Waals surface area contributed by atoms with E-state index in [1.54, 1.807) is 0 Å². The van der Waals surface area contributed by atoms with Gasteiger partial charge in [0.15, 0.2) is 12.2 Å². The van der Waals surface area contributed by atoms with Crippen LogP contribution < -0.4 is 0 Å². The number of esters is 4. The molecule has 5 unspecified atom stereocenters. The van der Waals surface area contributed by atoms with Crippen LogP contribution in [0.15, 0.2) is 122 Å². The first-order chi connectivity index (χ1) is 50.7. The van der Waals surface area contributed by atoms with Crippen LogP contribution in [0.1, 0.15) is 336 Å². The molecular weight excluding hydrogens is 1350 g/mol. The molecule has 0 aromatic carbocycles. The van der Waals surface area contributed by atoms with E-state index in [0.717, 1.165) is 148 Å².